The summed E-state index contributed by atoms with van der Waals surface area (Å²) in [6.07, 6.45) is 2.85. The van der Waals surface area contributed by atoms with Gasteiger partial charge in [-0.15, -0.1) is 0 Å². The molecule has 0 spiro atoms. The third kappa shape index (κ3) is 3.02. The molecule has 0 saturated heterocycles. The van der Waals surface area contributed by atoms with Gasteiger partial charge in [0, 0.05) is 19.2 Å². The van der Waals surface area contributed by atoms with Gasteiger partial charge in [0.15, 0.2) is 5.82 Å². The van der Waals surface area contributed by atoms with E-state index >= 15 is 0 Å². The summed E-state index contributed by atoms with van der Waals surface area (Å²) in [5.41, 5.74) is 0.435. The lowest BCUT2D eigenvalue weighted by atomic mass is 10.0. The van der Waals surface area contributed by atoms with Crippen LogP contribution in [-0.2, 0) is 0 Å². The average Bonchev–Trinajstić information content (AvgIpc) is 2.86. The maximum atomic E-state index is 10.8. The molecule has 2 aromatic rings. The standard InChI is InChI=1S/C12H17N5O3/c1-2-9(5-6-18)7-13-10-3-4-11-14-8-12(17(19)20)16(11)15-10/h3-4,8-9,18H,2,5-7H2,1H3,(H,13,15). The Morgan fingerprint density at radius 1 is 1.55 bits per heavy atom. The van der Waals surface area contributed by atoms with Crippen LogP contribution < -0.4 is 5.32 Å². The number of nitro groups is 1. The maximum absolute atomic E-state index is 10.8. The Kier molecular flexibility index (Phi) is 4.46. The van der Waals surface area contributed by atoms with Crippen molar-refractivity contribution >= 4 is 17.3 Å². The van der Waals surface area contributed by atoms with Crippen molar-refractivity contribution in [3.8, 4) is 0 Å². The van der Waals surface area contributed by atoms with Gasteiger partial charge in [-0.05, 0) is 23.3 Å². The number of aliphatic hydroxyl groups is 1. The van der Waals surface area contributed by atoms with Crippen LogP contribution in [0.25, 0.3) is 5.65 Å². The van der Waals surface area contributed by atoms with E-state index in [0.29, 0.717) is 23.9 Å². The van der Waals surface area contributed by atoms with Gasteiger partial charge in [-0.1, -0.05) is 23.0 Å². The van der Waals surface area contributed by atoms with Crippen molar-refractivity contribution in [1.29, 1.82) is 0 Å². The summed E-state index contributed by atoms with van der Waals surface area (Å²) >= 11 is 0. The Hall–Kier alpha value is -2.22. The number of anilines is 1. The highest BCUT2D eigenvalue weighted by molar-refractivity contribution is 5.48. The SMILES string of the molecule is CCC(CCO)CNc1ccc2ncc([N+](=O)[O-])n2n1. The number of rotatable bonds is 7. The fourth-order valence-electron chi connectivity index (χ4n) is 1.96. The number of nitrogens with zero attached hydrogens (tertiary/aromatic N) is 4. The lowest BCUT2D eigenvalue weighted by Crippen LogP contribution is -2.16. The zero-order chi connectivity index (χ0) is 14.5. The van der Waals surface area contributed by atoms with Gasteiger partial charge in [-0.2, -0.15) is 0 Å². The lowest BCUT2D eigenvalue weighted by molar-refractivity contribution is -0.391. The second-order valence-electron chi connectivity index (χ2n) is 4.53. The summed E-state index contributed by atoms with van der Waals surface area (Å²) in [5.74, 6) is 0.733. The number of imidazole rings is 1. The topological polar surface area (TPSA) is 106 Å². The molecule has 0 amide bonds. The molecule has 2 N–H and O–H groups in total. The number of aliphatic hydroxyl groups excluding tert-OH is 1. The Morgan fingerprint density at radius 3 is 3.00 bits per heavy atom. The molecular weight excluding hydrogens is 262 g/mol. The van der Waals surface area contributed by atoms with Crippen LogP contribution in [-0.4, -0.2) is 37.8 Å². The van der Waals surface area contributed by atoms with Crippen LogP contribution >= 0.6 is 0 Å². The van der Waals surface area contributed by atoms with E-state index in [4.69, 9.17) is 5.11 Å². The Morgan fingerprint density at radius 2 is 2.35 bits per heavy atom. The van der Waals surface area contributed by atoms with Gasteiger partial charge in [0.25, 0.3) is 0 Å². The van der Waals surface area contributed by atoms with E-state index in [1.165, 1.54) is 10.7 Å². The molecule has 0 aliphatic rings. The predicted octanol–water partition coefficient (Wildman–Crippen LogP) is 1.46. The molecule has 0 fully saturated rings. The van der Waals surface area contributed by atoms with Crippen molar-refractivity contribution in [2.45, 2.75) is 19.8 Å². The van der Waals surface area contributed by atoms with E-state index in [0.717, 1.165) is 12.8 Å². The van der Waals surface area contributed by atoms with Crippen LogP contribution in [0.3, 0.4) is 0 Å². The second-order valence-corrected chi connectivity index (χ2v) is 4.53. The van der Waals surface area contributed by atoms with Gasteiger partial charge >= 0.3 is 5.82 Å². The van der Waals surface area contributed by atoms with Gasteiger partial charge in [-0.25, -0.2) is 4.98 Å². The minimum atomic E-state index is -0.516. The largest absolute Gasteiger partial charge is 0.396 e. The van der Waals surface area contributed by atoms with E-state index in [2.05, 4.69) is 22.3 Å². The van der Waals surface area contributed by atoms with Crippen LogP contribution in [0.2, 0.25) is 0 Å². The summed E-state index contributed by atoms with van der Waals surface area (Å²) < 4.78 is 1.20. The molecule has 1 unspecified atom stereocenters. The molecule has 20 heavy (non-hydrogen) atoms. The van der Waals surface area contributed by atoms with Gasteiger partial charge in [0.2, 0.25) is 5.65 Å². The Balaban J connectivity index is 2.14. The average molecular weight is 279 g/mol. The highest BCUT2D eigenvalue weighted by atomic mass is 16.6. The van der Waals surface area contributed by atoms with Crippen molar-refractivity contribution in [1.82, 2.24) is 14.6 Å². The molecule has 108 valence electrons. The minimum Gasteiger partial charge on any atom is -0.396 e. The Bertz CT molecular complexity index is 598. The predicted molar refractivity (Wildman–Crippen MR) is 73.6 cm³/mol. The molecule has 8 heteroatoms. The fourth-order valence-corrected chi connectivity index (χ4v) is 1.96. The summed E-state index contributed by atoms with van der Waals surface area (Å²) in [6, 6.07) is 3.41. The van der Waals surface area contributed by atoms with E-state index in [9.17, 15) is 10.1 Å². The zero-order valence-electron chi connectivity index (χ0n) is 11.2. The first-order chi connectivity index (χ1) is 9.65. The van der Waals surface area contributed by atoms with Crippen LogP contribution in [0.1, 0.15) is 19.8 Å². The van der Waals surface area contributed by atoms with Gasteiger partial charge in [0.05, 0.1) is 0 Å². The molecule has 0 bridgehead atoms. The van der Waals surface area contributed by atoms with Crippen LogP contribution in [0, 0.1) is 16.0 Å². The van der Waals surface area contributed by atoms with E-state index in [1.54, 1.807) is 12.1 Å². The first-order valence-corrected chi connectivity index (χ1v) is 6.49. The quantitative estimate of drug-likeness (QED) is 0.587. The van der Waals surface area contributed by atoms with Crippen molar-refractivity contribution in [2.24, 2.45) is 5.92 Å². The van der Waals surface area contributed by atoms with Crippen molar-refractivity contribution < 1.29 is 10.0 Å². The van der Waals surface area contributed by atoms with Crippen LogP contribution in [0.5, 0.6) is 0 Å². The molecule has 0 aliphatic heterocycles. The van der Waals surface area contributed by atoms with E-state index in [1.807, 2.05) is 0 Å². The van der Waals surface area contributed by atoms with E-state index < -0.39 is 4.92 Å². The molecule has 0 saturated carbocycles. The molecule has 1 atom stereocenters. The van der Waals surface area contributed by atoms with Crippen molar-refractivity contribution in [2.75, 3.05) is 18.5 Å². The molecule has 2 aromatic heterocycles. The highest BCUT2D eigenvalue weighted by Gasteiger charge is 2.16. The molecular formula is C12H17N5O3. The molecule has 0 aromatic carbocycles. The van der Waals surface area contributed by atoms with Gasteiger partial charge in [0.1, 0.15) is 6.20 Å². The number of nitrogens with one attached hydrogen (secondary N) is 1. The fraction of sp³-hybridized carbons (Fsp3) is 0.500. The summed E-state index contributed by atoms with van der Waals surface area (Å²) in [5, 5.41) is 27.1. The van der Waals surface area contributed by atoms with Crippen molar-refractivity contribution in [3.63, 3.8) is 0 Å². The maximum Gasteiger partial charge on any atom is 0.368 e. The van der Waals surface area contributed by atoms with Gasteiger partial charge < -0.3 is 20.5 Å². The minimum absolute atomic E-state index is 0.152. The molecule has 0 aliphatic carbocycles. The first-order valence-electron chi connectivity index (χ1n) is 6.49. The van der Waals surface area contributed by atoms with Crippen molar-refractivity contribution in [3.05, 3.63) is 28.4 Å². The summed E-state index contributed by atoms with van der Waals surface area (Å²) in [4.78, 5) is 14.2. The first kappa shape index (κ1) is 14.2. The third-order valence-electron chi connectivity index (χ3n) is 3.22. The monoisotopic (exact) mass is 279 g/mol. The molecule has 8 nitrogen and oxygen atoms in total. The third-order valence-corrected chi connectivity index (χ3v) is 3.22. The number of hydrogen-bond donors (Lipinski definition) is 2. The number of fused-ring (bicyclic) bond motifs is 1. The smallest absolute Gasteiger partial charge is 0.368 e. The van der Waals surface area contributed by atoms with Crippen LogP contribution in [0.4, 0.5) is 11.6 Å². The number of hydrogen-bond acceptors (Lipinski definition) is 6. The zero-order valence-corrected chi connectivity index (χ0v) is 11.2. The van der Waals surface area contributed by atoms with Crippen LogP contribution in [0.15, 0.2) is 18.3 Å². The summed E-state index contributed by atoms with van der Waals surface area (Å²) in [7, 11) is 0. The second kappa shape index (κ2) is 6.29. The Labute approximate surface area is 115 Å². The molecule has 2 rings (SSSR count). The van der Waals surface area contributed by atoms with E-state index in [-0.39, 0.29) is 12.4 Å². The normalized spacial score (nSPS) is 12.5. The highest BCUT2D eigenvalue weighted by Crippen LogP contribution is 2.15. The lowest BCUT2D eigenvalue weighted by Gasteiger charge is -2.13. The number of aromatic nitrogens is 3. The molecule has 2 heterocycles. The molecule has 0 radical (unpaired) electrons. The summed E-state index contributed by atoms with van der Waals surface area (Å²) in [6.45, 7) is 2.87. The van der Waals surface area contributed by atoms with Gasteiger partial charge in [-0.3, -0.25) is 0 Å².